The van der Waals surface area contributed by atoms with Crippen LogP contribution in [0.3, 0.4) is 0 Å². The first-order valence-corrected chi connectivity index (χ1v) is 5.78. The molecule has 0 spiro atoms. The maximum Gasteiger partial charge on any atom is 0.337 e. The van der Waals surface area contributed by atoms with E-state index in [0.717, 1.165) is 11.1 Å². The van der Waals surface area contributed by atoms with Crippen molar-refractivity contribution in [3.8, 4) is 0 Å². The Kier molecular flexibility index (Phi) is 3.47. The summed E-state index contributed by atoms with van der Waals surface area (Å²) in [6.07, 6.45) is 0.584. The van der Waals surface area contributed by atoms with Crippen LogP contribution in [-0.4, -0.2) is 12.6 Å². The topological polar surface area (TPSA) is 35.5 Å². The van der Waals surface area contributed by atoms with Gasteiger partial charge in [-0.05, 0) is 25.0 Å². The Balaban J connectivity index is 2.30. The molecule has 1 aromatic rings. The molecule has 0 aromatic heterocycles. The van der Waals surface area contributed by atoms with Crippen LogP contribution in [0.15, 0.2) is 35.6 Å². The number of ether oxygens (including phenoxy) is 2. The summed E-state index contributed by atoms with van der Waals surface area (Å²) in [7, 11) is 0. The number of carbonyl (C=O) groups is 1. The predicted molar refractivity (Wildman–Crippen MR) is 64.3 cm³/mol. The average Bonchev–Trinajstić information content (AvgIpc) is 2.50. The molecule has 2 rings (SSSR count). The summed E-state index contributed by atoms with van der Waals surface area (Å²) >= 11 is 0. The first-order chi connectivity index (χ1) is 8.22. The molecule has 1 aliphatic rings. The molecule has 90 valence electrons. The molecular weight excluding hydrogens is 216 g/mol. The Morgan fingerprint density at radius 1 is 1.35 bits per heavy atom. The van der Waals surface area contributed by atoms with Crippen molar-refractivity contribution >= 4 is 5.97 Å². The lowest BCUT2D eigenvalue weighted by Gasteiger charge is -2.08. The van der Waals surface area contributed by atoms with Crippen molar-refractivity contribution in [3.63, 3.8) is 0 Å². The number of allylic oxidation sites excluding steroid dienone is 1. The zero-order chi connectivity index (χ0) is 12.3. The molecule has 1 aliphatic heterocycles. The average molecular weight is 232 g/mol. The van der Waals surface area contributed by atoms with Gasteiger partial charge in [0.15, 0.2) is 0 Å². The fraction of sp³-hybridized carbons (Fsp3) is 0.357. The summed E-state index contributed by atoms with van der Waals surface area (Å²) in [6.45, 7) is 4.53. The van der Waals surface area contributed by atoms with Gasteiger partial charge in [-0.3, -0.25) is 0 Å². The standard InChI is InChI=1S/C14H16O3/c1-3-16-14(15)13-8-11-6-4-5-7-12(11)9-17-10(13)2/h4-7H,3,8-9H2,1-2H3. The molecule has 0 fully saturated rings. The molecule has 0 aliphatic carbocycles. The molecular formula is C14H16O3. The van der Waals surface area contributed by atoms with Gasteiger partial charge in [0.05, 0.1) is 12.2 Å². The molecule has 0 N–H and O–H groups in total. The summed E-state index contributed by atoms with van der Waals surface area (Å²) in [5, 5.41) is 0. The molecule has 0 unspecified atom stereocenters. The fourth-order valence-corrected chi connectivity index (χ4v) is 1.89. The number of hydrogen-bond donors (Lipinski definition) is 0. The molecule has 1 heterocycles. The quantitative estimate of drug-likeness (QED) is 0.735. The third-order valence-electron chi connectivity index (χ3n) is 2.88. The summed E-state index contributed by atoms with van der Waals surface area (Å²) in [6, 6.07) is 8.00. The van der Waals surface area contributed by atoms with E-state index in [1.165, 1.54) is 0 Å². The molecule has 17 heavy (non-hydrogen) atoms. The molecule has 1 aromatic carbocycles. The van der Waals surface area contributed by atoms with Crippen molar-refractivity contribution in [3.05, 3.63) is 46.7 Å². The molecule has 3 nitrogen and oxygen atoms in total. The van der Waals surface area contributed by atoms with Gasteiger partial charge in [0.25, 0.3) is 0 Å². The number of hydrogen-bond acceptors (Lipinski definition) is 3. The van der Waals surface area contributed by atoms with Gasteiger partial charge >= 0.3 is 5.97 Å². The number of carbonyl (C=O) groups excluding carboxylic acids is 1. The van der Waals surface area contributed by atoms with Crippen LogP contribution in [0.25, 0.3) is 0 Å². The van der Waals surface area contributed by atoms with Crippen LogP contribution < -0.4 is 0 Å². The van der Waals surface area contributed by atoms with Crippen molar-refractivity contribution in [1.29, 1.82) is 0 Å². The highest BCUT2D eigenvalue weighted by Gasteiger charge is 2.20. The Hall–Kier alpha value is -1.77. The summed E-state index contributed by atoms with van der Waals surface area (Å²) < 4.78 is 10.6. The van der Waals surface area contributed by atoms with Crippen LogP contribution in [0.1, 0.15) is 25.0 Å². The van der Waals surface area contributed by atoms with Gasteiger partial charge in [-0.1, -0.05) is 24.3 Å². The Labute approximate surface area is 101 Å². The van der Waals surface area contributed by atoms with Crippen molar-refractivity contribution in [2.45, 2.75) is 26.9 Å². The first kappa shape index (κ1) is 11.7. The van der Waals surface area contributed by atoms with Crippen LogP contribution in [0, 0.1) is 0 Å². The van der Waals surface area contributed by atoms with E-state index in [1.807, 2.05) is 31.2 Å². The Morgan fingerprint density at radius 3 is 2.76 bits per heavy atom. The van der Waals surface area contributed by atoms with Crippen molar-refractivity contribution in [1.82, 2.24) is 0 Å². The monoisotopic (exact) mass is 232 g/mol. The number of benzene rings is 1. The van der Waals surface area contributed by atoms with E-state index in [4.69, 9.17) is 9.47 Å². The van der Waals surface area contributed by atoms with Crippen LogP contribution in [-0.2, 0) is 27.3 Å². The minimum Gasteiger partial charge on any atom is -0.493 e. The molecule has 0 radical (unpaired) electrons. The second-order valence-electron chi connectivity index (χ2n) is 3.99. The van der Waals surface area contributed by atoms with E-state index < -0.39 is 0 Å². The zero-order valence-electron chi connectivity index (χ0n) is 10.2. The first-order valence-electron chi connectivity index (χ1n) is 5.78. The summed E-state index contributed by atoms with van der Waals surface area (Å²) in [5.41, 5.74) is 2.88. The Bertz CT molecular complexity index is 460. The summed E-state index contributed by atoms with van der Waals surface area (Å²) in [5.74, 6) is 0.390. The molecule has 0 saturated heterocycles. The number of esters is 1. The maximum atomic E-state index is 11.8. The van der Waals surface area contributed by atoms with E-state index in [9.17, 15) is 4.79 Å². The lowest BCUT2D eigenvalue weighted by Crippen LogP contribution is -2.11. The lowest BCUT2D eigenvalue weighted by molar-refractivity contribution is -0.138. The van der Waals surface area contributed by atoms with Crippen LogP contribution in [0.5, 0.6) is 0 Å². The normalized spacial score (nSPS) is 14.7. The molecule has 0 bridgehead atoms. The van der Waals surface area contributed by atoms with E-state index in [2.05, 4.69) is 0 Å². The third kappa shape index (κ3) is 2.49. The highest BCUT2D eigenvalue weighted by Crippen LogP contribution is 2.23. The highest BCUT2D eigenvalue weighted by molar-refractivity contribution is 5.89. The Morgan fingerprint density at radius 2 is 2.06 bits per heavy atom. The van der Waals surface area contributed by atoms with E-state index in [1.54, 1.807) is 6.92 Å². The van der Waals surface area contributed by atoms with E-state index in [0.29, 0.717) is 31.0 Å². The van der Waals surface area contributed by atoms with Crippen molar-refractivity contribution in [2.75, 3.05) is 6.61 Å². The van der Waals surface area contributed by atoms with Gasteiger partial charge in [0.1, 0.15) is 12.4 Å². The third-order valence-corrected chi connectivity index (χ3v) is 2.88. The molecule has 0 atom stereocenters. The van der Waals surface area contributed by atoms with E-state index in [-0.39, 0.29) is 5.97 Å². The largest absolute Gasteiger partial charge is 0.493 e. The minimum absolute atomic E-state index is 0.276. The second-order valence-corrected chi connectivity index (χ2v) is 3.99. The fourth-order valence-electron chi connectivity index (χ4n) is 1.89. The van der Waals surface area contributed by atoms with Crippen molar-refractivity contribution < 1.29 is 14.3 Å². The smallest absolute Gasteiger partial charge is 0.337 e. The summed E-state index contributed by atoms with van der Waals surface area (Å²) in [4.78, 5) is 11.8. The number of fused-ring (bicyclic) bond motifs is 1. The van der Waals surface area contributed by atoms with Gasteiger partial charge in [-0.25, -0.2) is 4.79 Å². The van der Waals surface area contributed by atoms with Crippen LogP contribution in [0.2, 0.25) is 0 Å². The van der Waals surface area contributed by atoms with Crippen molar-refractivity contribution in [2.24, 2.45) is 0 Å². The van der Waals surface area contributed by atoms with Gasteiger partial charge in [-0.2, -0.15) is 0 Å². The molecule has 0 saturated carbocycles. The van der Waals surface area contributed by atoms with Crippen LogP contribution >= 0.6 is 0 Å². The minimum atomic E-state index is -0.276. The zero-order valence-corrected chi connectivity index (χ0v) is 10.2. The SMILES string of the molecule is CCOC(=O)C1=C(C)OCc2ccccc2C1. The molecule has 0 amide bonds. The van der Waals surface area contributed by atoms with Crippen LogP contribution in [0.4, 0.5) is 0 Å². The highest BCUT2D eigenvalue weighted by atomic mass is 16.5. The molecule has 3 heteroatoms. The number of rotatable bonds is 2. The van der Waals surface area contributed by atoms with Gasteiger partial charge in [0.2, 0.25) is 0 Å². The van der Waals surface area contributed by atoms with Gasteiger partial charge < -0.3 is 9.47 Å². The van der Waals surface area contributed by atoms with Gasteiger partial charge in [0, 0.05) is 6.42 Å². The second kappa shape index (κ2) is 5.04. The predicted octanol–water partition coefficient (Wildman–Crippen LogP) is 2.60. The van der Waals surface area contributed by atoms with E-state index >= 15 is 0 Å². The maximum absolute atomic E-state index is 11.8. The lowest BCUT2D eigenvalue weighted by atomic mass is 10.0. The van der Waals surface area contributed by atoms with Gasteiger partial charge in [-0.15, -0.1) is 0 Å².